The van der Waals surface area contributed by atoms with E-state index in [-0.39, 0.29) is 5.41 Å². The molecule has 2 heterocycles. The lowest BCUT2D eigenvalue weighted by molar-refractivity contribution is 0.228. The molecule has 0 bridgehead atoms. The molecule has 114 valence electrons. The molecule has 1 aromatic heterocycles. The molecule has 1 aromatic carbocycles. The third kappa shape index (κ3) is 2.49. The minimum atomic E-state index is -3.07. The summed E-state index contributed by atoms with van der Waals surface area (Å²) in [5.74, 6) is 0. The first-order valence-electron chi connectivity index (χ1n) is 7.48. The van der Waals surface area contributed by atoms with E-state index in [0.717, 1.165) is 24.8 Å². The molecule has 1 aliphatic heterocycles. The van der Waals surface area contributed by atoms with Crippen molar-refractivity contribution in [3.63, 3.8) is 0 Å². The fourth-order valence-corrected chi connectivity index (χ4v) is 4.42. The van der Waals surface area contributed by atoms with Crippen molar-refractivity contribution >= 4 is 20.9 Å². The number of benzene rings is 1. The number of para-hydroxylation sites is 1. The highest BCUT2D eigenvalue weighted by Crippen LogP contribution is 2.42. The van der Waals surface area contributed by atoms with Crippen molar-refractivity contribution in [3.8, 4) is 0 Å². The molecule has 1 saturated heterocycles. The Morgan fingerprint density at radius 3 is 2.52 bits per heavy atom. The standard InChI is InChI=1S/C16H22N2O2S/c1-3-16(8-10-18(11-9-16)21(2,19)20)14-12-17-15-7-5-4-6-13(14)15/h4-7,12,17H,3,8-11H2,1-2H3. The van der Waals surface area contributed by atoms with Gasteiger partial charge in [0, 0.05) is 30.2 Å². The molecular formula is C16H22N2O2S. The first-order chi connectivity index (χ1) is 9.96. The van der Waals surface area contributed by atoms with Gasteiger partial charge >= 0.3 is 0 Å². The number of aromatic nitrogens is 1. The van der Waals surface area contributed by atoms with Crippen molar-refractivity contribution in [2.24, 2.45) is 0 Å². The van der Waals surface area contributed by atoms with Crippen molar-refractivity contribution < 1.29 is 8.42 Å². The molecule has 21 heavy (non-hydrogen) atoms. The van der Waals surface area contributed by atoms with E-state index in [1.807, 2.05) is 6.07 Å². The summed E-state index contributed by atoms with van der Waals surface area (Å²) in [7, 11) is -3.07. The Hall–Kier alpha value is -1.33. The van der Waals surface area contributed by atoms with Gasteiger partial charge in [0.1, 0.15) is 0 Å². The number of rotatable bonds is 3. The zero-order chi connectivity index (χ0) is 15.1. The molecule has 1 fully saturated rings. The summed E-state index contributed by atoms with van der Waals surface area (Å²) in [6.07, 6.45) is 6.23. The second-order valence-corrected chi connectivity index (χ2v) is 8.03. The van der Waals surface area contributed by atoms with Crippen LogP contribution in [-0.2, 0) is 15.4 Å². The number of nitrogens with one attached hydrogen (secondary N) is 1. The van der Waals surface area contributed by atoms with Crippen LogP contribution in [0, 0.1) is 0 Å². The summed E-state index contributed by atoms with van der Waals surface area (Å²) in [4.78, 5) is 3.35. The number of aromatic amines is 1. The number of piperidine rings is 1. The normalized spacial score (nSPS) is 19.9. The highest BCUT2D eigenvalue weighted by molar-refractivity contribution is 7.88. The largest absolute Gasteiger partial charge is 0.361 e. The monoisotopic (exact) mass is 306 g/mol. The van der Waals surface area contributed by atoms with Crippen LogP contribution < -0.4 is 0 Å². The second-order valence-electron chi connectivity index (χ2n) is 6.04. The Labute approximate surface area is 126 Å². The maximum atomic E-state index is 11.7. The Morgan fingerprint density at radius 1 is 1.24 bits per heavy atom. The molecule has 4 nitrogen and oxygen atoms in total. The molecule has 0 aliphatic carbocycles. The van der Waals surface area contributed by atoms with Crippen LogP contribution in [0.2, 0.25) is 0 Å². The molecule has 3 rings (SSSR count). The van der Waals surface area contributed by atoms with Gasteiger partial charge in [0.25, 0.3) is 0 Å². The van der Waals surface area contributed by atoms with Gasteiger partial charge in [0.05, 0.1) is 6.26 Å². The number of nitrogens with zero attached hydrogens (tertiary/aromatic N) is 1. The van der Waals surface area contributed by atoms with Crippen LogP contribution in [-0.4, -0.2) is 37.1 Å². The highest BCUT2D eigenvalue weighted by Gasteiger charge is 2.38. The van der Waals surface area contributed by atoms with Gasteiger partial charge in [0.2, 0.25) is 10.0 Å². The average Bonchev–Trinajstić information content (AvgIpc) is 2.91. The zero-order valence-corrected chi connectivity index (χ0v) is 13.4. The van der Waals surface area contributed by atoms with Gasteiger partial charge in [-0.1, -0.05) is 25.1 Å². The van der Waals surface area contributed by atoms with Crippen LogP contribution in [0.1, 0.15) is 31.7 Å². The van der Waals surface area contributed by atoms with Gasteiger partial charge in [0.15, 0.2) is 0 Å². The van der Waals surface area contributed by atoms with Crippen molar-refractivity contribution in [1.82, 2.24) is 9.29 Å². The lowest BCUT2D eigenvalue weighted by atomic mass is 9.71. The van der Waals surface area contributed by atoms with Crippen molar-refractivity contribution in [2.75, 3.05) is 19.3 Å². The van der Waals surface area contributed by atoms with Gasteiger partial charge in [-0.2, -0.15) is 0 Å². The Morgan fingerprint density at radius 2 is 1.90 bits per heavy atom. The minimum Gasteiger partial charge on any atom is -0.361 e. The van der Waals surface area contributed by atoms with Crippen LogP contribution in [0.3, 0.4) is 0 Å². The predicted molar refractivity (Wildman–Crippen MR) is 85.9 cm³/mol. The summed E-state index contributed by atoms with van der Waals surface area (Å²) in [5, 5.41) is 1.27. The van der Waals surface area contributed by atoms with Gasteiger partial charge < -0.3 is 4.98 Å². The summed E-state index contributed by atoms with van der Waals surface area (Å²) >= 11 is 0. The van der Waals surface area contributed by atoms with Crippen molar-refractivity contribution in [1.29, 1.82) is 0 Å². The SMILES string of the molecule is CCC1(c2c[nH]c3ccccc23)CCN(S(C)(=O)=O)CC1. The number of hydrogen-bond acceptors (Lipinski definition) is 2. The van der Waals surface area contributed by atoms with E-state index < -0.39 is 10.0 Å². The maximum absolute atomic E-state index is 11.7. The van der Waals surface area contributed by atoms with Gasteiger partial charge in [-0.3, -0.25) is 0 Å². The van der Waals surface area contributed by atoms with Crippen LogP contribution in [0.25, 0.3) is 10.9 Å². The molecule has 5 heteroatoms. The van der Waals surface area contributed by atoms with Gasteiger partial charge in [-0.05, 0) is 36.3 Å². The molecule has 0 atom stereocenters. The summed E-state index contributed by atoms with van der Waals surface area (Å²) < 4.78 is 25.0. The van der Waals surface area contributed by atoms with Crippen LogP contribution in [0.15, 0.2) is 30.5 Å². The Kier molecular flexibility index (Phi) is 3.58. The summed E-state index contributed by atoms with van der Waals surface area (Å²) in [6.45, 7) is 3.44. The quantitative estimate of drug-likeness (QED) is 0.948. The summed E-state index contributed by atoms with van der Waals surface area (Å²) in [5.41, 5.74) is 2.58. The molecule has 0 unspecified atom stereocenters. The number of sulfonamides is 1. The number of hydrogen-bond donors (Lipinski definition) is 1. The van der Waals surface area contributed by atoms with E-state index in [0.29, 0.717) is 13.1 Å². The van der Waals surface area contributed by atoms with E-state index >= 15 is 0 Å². The Balaban J connectivity index is 1.96. The molecular weight excluding hydrogens is 284 g/mol. The molecule has 2 aromatic rings. The number of fused-ring (bicyclic) bond motifs is 1. The molecule has 0 radical (unpaired) electrons. The summed E-state index contributed by atoms with van der Waals surface area (Å²) in [6, 6.07) is 8.34. The average molecular weight is 306 g/mol. The van der Waals surface area contributed by atoms with E-state index in [9.17, 15) is 8.42 Å². The van der Waals surface area contributed by atoms with E-state index in [2.05, 4.69) is 36.3 Å². The molecule has 1 aliphatic rings. The van der Waals surface area contributed by atoms with Crippen molar-refractivity contribution in [2.45, 2.75) is 31.6 Å². The minimum absolute atomic E-state index is 0.0841. The third-order valence-corrected chi connectivity index (χ3v) is 6.29. The van der Waals surface area contributed by atoms with Gasteiger partial charge in [-0.15, -0.1) is 0 Å². The molecule has 0 amide bonds. The predicted octanol–water partition coefficient (Wildman–Crippen LogP) is 2.87. The van der Waals surface area contributed by atoms with Crippen LogP contribution in [0.4, 0.5) is 0 Å². The highest BCUT2D eigenvalue weighted by atomic mass is 32.2. The fourth-order valence-electron chi connectivity index (χ4n) is 3.57. The lowest BCUT2D eigenvalue weighted by Crippen LogP contribution is -2.44. The topological polar surface area (TPSA) is 53.2 Å². The number of H-pyrrole nitrogens is 1. The van der Waals surface area contributed by atoms with Crippen LogP contribution >= 0.6 is 0 Å². The first-order valence-corrected chi connectivity index (χ1v) is 9.33. The van der Waals surface area contributed by atoms with Crippen molar-refractivity contribution in [3.05, 3.63) is 36.0 Å². The molecule has 0 saturated carbocycles. The molecule has 1 N–H and O–H groups in total. The fraction of sp³-hybridized carbons (Fsp3) is 0.500. The van der Waals surface area contributed by atoms with E-state index in [1.54, 1.807) is 4.31 Å². The molecule has 0 spiro atoms. The second kappa shape index (κ2) is 5.14. The third-order valence-electron chi connectivity index (χ3n) is 4.99. The maximum Gasteiger partial charge on any atom is 0.211 e. The van der Waals surface area contributed by atoms with E-state index in [4.69, 9.17) is 0 Å². The lowest BCUT2D eigenvalue weighted by Gasteiger charge is -2.40. The van der Waals surface area contributed by atoms with Gasteiger partial charge in [-0.25, -0.2) is 12.7 Å². The Bertz CT molecular complexity index is 740. The first kappa shape index (κ1) is 14.6. The van der Waals surface area contributed by atoms with E-state index in [1.165, 1.54) is 17.2 Å². The smallest absolute Gasteiger partial charge is 0.211 e. The van der Waals surface area contributed by atoms with Crippen LogP contribution in [0.5, 0.6) is 0 Å². The zero-order valence-electron chi connectivity index (χ0n) is 12.6.